The molecule has 6 rings (SSSR count). The molecule has 0 spiro atoms. The number of nitrogens with zero attached hydrogens (tertiary/aromatic N) is 2. The van der Waals surface area contributed by atoms with E-state index in [4.69, 9.17) is 0 Å². The van der Waals surface area contributed by atoms with Crippen LogP contribution in [-0.2, 0) is 25.6 Å². The van der Waals surface area contributed by atoms with Crippen molar-refractivity contribution < 1.29 is 24.3 Å². The van der Waals surface area contributed by atoms with Crippen LogP contribution in [0.3, 0.4) is 0 Å². The Balaban J connectivity index is 1.55. The number of fused-ring (bicyclic) bond motifs is 4. The zero-order valence-corrected chi connectivity index (χ0v) is 24.0. The Hall–Kier alpha value is -4.00. The highest BCUT2D eigenvalue weighted by Gasteiger charge is 2.68. The maximum absolute atomic E-state index is 14.4. The molecule has 212 valence electrons. The second-order valence-corrected chi connectivity index (χ2v) is 13.0. The number of carbonyl (C=O) groups is 4. The first-order valence-electron chi connectivity index (χ1n) is 14.4. The number of hydrogen-bond donors (Lipinski definition) is 1. The van der Waals surface area contributed by atoms with E-state index < -0.39 is 40.5 Å². The molecule has 2 aromatic rings. The Morgan fingerprint density at radius 3 is 2.34 bits per heavy atom. The summed E-state index contributed by atoms with van der Waals surface area (Å²) in [5.41, 5.74) is 0.742. The van der Waals surface area contributed by atoms with Gasteiger partial charge in [0, 0.05) is 17.0 Å². The zero-order chi connectivity index (χ0) is 29.4. The molecule has 0 aromatic heterocycles. The molecule has 6 atom stereocenters. The van der Waals surface area contributed by atoms with Gasteiger partial charge in [0.25, 0.3) is 0 Å². The Labute approximate surface area is 240 Å². The zero-order valence-electron chi connectivity index (χ0n) is 24.0. The van der Waals surface area contributed by atoms with Gasteiger partial charge in [0.05, 0.1) is 28.9 Å². The van der Waals surface area contributed by atoms with Crippen LogP contribution in [0.15, 0.2) is 72.8 Å². The van der Waals surface area contributed by atoms with E-state index in [1.807, 2.05) is 58.0 Å². The number of carbonyl (C=O) groups excluding carboxylic acids is 4. The topological polar surface area (TPSA) is 95.0 Å². The number of aromatic hydroxyl groups is 1. The highest BCUT2D eigenvalue weighted by molar-refractivity contribution is 6.24. The van der Waals surface area contributed by atoms with Gasteiger partial charge in [-0.3, -0.25) is 24.1 Å². The average molecular weight is 553 g/mol. The van der Waals surface area contributed by atoms with Gasteiger partial charge < -0.3 is 5.11 Å². The summed E-state index contributed by atoms with van der Waals surface area (Å²) in [6.07, 6.45) is 4.83. The summed E-state index contributed by atoms with van der Waals surface area (Å²) in [6, 6.07) is 14.4. The standard InChI is InChI=1S/C34H36N2O5/c1-6-11-19-12-10-15-23(28(19)37)27-21-16-17-22-26(31(40)36(29(22)38)33(2,3)4)24(21)18-25-30(39)35(32(41)34(25,27)5)20-13-8-7-9-14-20/h6-10,12-16,22,24-27,37H,1,11,17-18H2,2-5H3/t22-,24+,25-,26-,27+,34+/m0/s1. The molecular weight excluding hydrogens is 516 g/mol. The van der Waals surface area contributed by atoms with Gasteiger partial charge in [0.1, 0.15) is 5.75 Å². The van der Waals surface area contributed by atoms with Crippen molar-refractivity contribution >= 4 is 29.3 Å². The number of hydrogen-bond acceptors (Lipinski definition) is 5. The van der Waals surface area contributed by atoms with Gasteiger partial charge in [-0.05, 0) is 70.6 Å². The minimum Gasteiger partial charge on any atom is -0.507 e. The van der Waals surface area contributed by atoms with Gasteiger partial charge in [-0.15, -0.1) is 6.58 Å². The first-order chi connectivity index (χ1) is 19.4. The number of para-hydroxylation sites is 2. The average Bonchev–Trinajstić information content (AvgIpc) is 3.30. The molecule has 7 nitrogen and oxygen atoms in total. The minimum atomic E-state index is -1.19. The van der Waals surface area contributed by atoms with Crippen molar-refractivity contribution in [1.29, 1.82) is 0 Å². The molecule has 0 bridgehead atoms. The van der Waals surface area contributed by atoms with Crippen LogP contribution in [-0.4, -0.2) is 39.2 Å². The molecule has 4 amide bonds. The summed E-state index contributed by atoms with van der Waals surface area (Å²) in [5, 5.41) is 11.5. The van der Waals surface area contributed by atoms with E-state index in [-0.39, 0.29) is 35.8 Å². The fourth-order valence-corrected chi connectivity index (χ4v) is 8.01. The van der Waals surface area contributed by atoms with Gasteiger partial charge in [-0.1, -0.05) is 54.1 Å². The van der Waals surface area contributed by atoms with E-state index >= 15 is 0 Å². The number of likely N-dealkylation sites (tertiary alicyclic amines) is 1. The maximum atomic E-state index is 14.4. The molecule has 0 unspecified atom stereocenters. The lowest BCUT2D eigenvalue weighted by Gasteiger charge is -2.49. The molecule has 2 aliphatic carbocycles. The molecule has 1 N–H and O–H groups in total. The van der Waals surface area contributed by atoms with Crippen molar-refractivity contribution in [1.82, 2.24) is 4.90 Å². The second kappa shape index (κ2) is 9.26. The monoisotopic (exact) mass is 552 g/mol. The molecule has 2 aliphatic heterocycles. The first-order valence-corrected chi connectivity index (χ1v) is 14.4. The summed E-state index contributed by atoms with van der Waals surface area (Å²) in [6.45, 7) is 11.2. The quantitative estimate of drug-likeness (QED) is 0.418. The summed E-state index contributed by atoms with van der Waals surface area (Å²) in [7, 11) is 0. The Morgan fingerprint density at radius 2 is 1.68 bits per heavy atom. The first kappa shape index (κ1) is 27.2. The van der Waals surface area contributed by atoms with Gasteiger partial charge in [-0.25, -0.2) is 4.90 Å². The van der Waals surface area contributed by atoms with Gasteiger partial charge in [-0.2, -0.15) is 0 Å². The van der Waals surface area contributed by atoms with Crippen molar-refractivity contribution in [3.8, 4) is 5.75 Å². The van der Waals surface area contributed by atoms with Crippen LogP contribution < -0.4 is 4.90 Å². The number of benzene rings is 2. The molecule has 1 saturated carbocycles. The summed E-state index contributed by atoms with van der Waals surface area (Å²) in [4.78, 5) is 58.8. The highest BCUT2D eigenvalue weighted by atomic mass is 16.3. The predicted molar refractivity (Wildman–Crippen MR) is 155 cm³/mol. The third-order valence-electron chi connectivity index (χ3n) is 9.79. The predicted octanol–water partition coefficient (Wildman–Crippen LogP) is 5.15. The SMILES string of the molecule is C=CCc1cccc([C@H]2C3=CC[C@@H]4C(=O)N(C(C)(C)C)C(=O)[C@@H]4[C@@H]3C[C@H]3C(=O)N(c4ccccc4)C(=O)[C@@]23C)c1O. The Kier molecular flexibility index (Phi) is 6.14. The number of rotatable bonds is 4. The second-order valence-electron chi connectivity index (χ2n) is 13.0. The largest absolute Gasteiger partial charge is 0.507 e. The molecule has 4 aliphatic rings. The van der Waals surface area contributed by atoms with Crippen LogP contribution in [0.1, 0.15) is 57.6 Å². The van der Waals surface area contributed by atoms with E-state index in [0.717, 1.165) is 5.57 Å². The molecule has 2 heterocycles. The van der Waals surface area contributed by atoms with Crippen LogP contribution in [0.2, 0.25) is 0 Å². The molecule has 0 radical (unpaired) electrons. The molecule has 41 heavy (non-hydrogen) atoms. The smallest absolute Gasteiger partial charge is 0.241 e. The van der Waals surface area contributed by atoms with Crippen molar-refractivity contribution in [3.05, 3.63) is 84.0 Å². The van der Waals surface area contributed by atoms with Crippen molar-refractivity contribution in [2.75, 3.05) is 4.90 Å². The van der Waals surface area contributed by atoms with E-state index in [2.05, 4.69) is 6.58 Å². The minimum absolute atomic E-state index is 0.0737. The molecule has 7 heteroatoms. The fraction of sp³-hybridized carbons (Fsp3) is 0.412. The Morgan fingerprint density at radius 1 is 0.976 bits per heavy atom. The van der Waals surface area contributed by atoms with Gasteiger partial charge in [0.2, 0.25) is 23.6 Å². The fourth-order valence-electron chi connectivity index (χ4n) is 8.01. The molecular formula is C34H36N2O5. The number of phenolic OH excluding ortho intramolecular Hbond substituents is 1. The maximum Gasteiger partial charge on any atom is 0.241 e. The number of amides is 4. The summed E-state index contributed by atoms with van der Waals surface area (Å²) >= 11 is 0. The Bertz CT molecular complexity index is 1520. The molecule has 2 saturated heterocycles. The lowest BCUT2D eigenvalue weighted by Crippen LogP contribution is -2.49. The van der Waals surface area contributed by atoms with E-state index in [1.54, 1.807) is 30.3 Å². The lowest BCUT2D eigenvalue weighted by molar-refractivity contribution is -0.145. The van der Waals surface area contributed by atoms with Crippen molar-refractivity contribution in [3.63, 3.8) is 0 Å². The number of phenols is 1. The third-order valence-corrected chi connectivity index (χ3v) is 9.79. The summed E-state index contributed by atoms with van der Waals surface area (Å²) in [5.74, 6) is -3.83. The number of imide groups is 2. The molecule has 2 aromatic carbocycles. The molecule has 3 fully saturated rings. The van der Waals surface area contributed by atoms with E-state index in [9.17, 15) is 24.3 Å². The number of allylic oxidation sites excluding steroid dienone is 3. The van der Waals surface area contributed by atoms with Crippen molar-refractivity contribution in [2.24, 2.45) is 29.1 Å². The van der Waals surface area contributed by atoms with Crippen LogP contribution in [0, 0.1) is 29.1 Å². The van der Waals surface area contributed by atoms with Crippen LogP contribution in [0.4, 0.5) is 5.69 Å². The number of anilines is 1. The van der Waals surface area contributed by atoms with Crippen LogP contribution >= 0.6 is 0 Å². The lowest BCUT2D eigenvalue weighted by atomic mass is 9.51. The highest BCUT2D eigenvalue weighted by Crippen LogP contribution is 2.64. The normalized spacial score (nSPS) is 31.1. The van der Waals surface area contributed by atoms with Gasteiger partial charge >= 0.3 is 0 Å². The van der Waals surface area contributed by atoms with E-state index in [0.29, 0.717) is 29.7 Å². The van der Waals surface area contributed by atoms with E-state index in [1.165, 1.54) is 9.80 Å². The van der Waals surface area contributed by atoms with Crippen molar-refractivity contribution in [2.45, 2.75) is 58.4 Å². The summed E-state index contributed by atoms with van der Waals surface area (Å²) < 4.78 is 0. The van der Waals surface area contributed by atoms with Crippen LogP contribution in [0.5, 0.6) is 5.75 Å². The third kappa shape index (κ3) is 3.70. The van der Waals surface area contributed by atoms with Crippen LogP contribution in [0.25, 0.3) is 0 Å². The van der Waals surface area contributed by atoms with Gasteiger partial charge in [0.15, 0.2) is 0 Å².